The van der Waals surface area contributed by atoms with Gasteiger partial charge in [-0.15, -0.1) is 0 Å². The van der Waals surface area contributed by atoms with Gasteiger partial charge in [0.15, 0.2) is 12.4 Å². The van der Waals surface area contributed by atoms with Gasteiger partial charge in [-0.3, -0.25) is 0 Å². The molecule has 7 nitrogen and oxygen atoms in total. The second-order valence-corrected chi connectivity index (χ2v) is 8.83. The van der Waals surface area contributed by atoms with Gasteiger partial charge in [0, 0.05) is 25.0 Å². The lowest BCUT2D eigenvalue weighted by molar-refractivity contribution is 0.242. The molecule has 0 unspecified atom stereocenters. The van der Waals surface area contributed by atoms with Crippen LogP contribution in [-0.4, -0.2) is 36.5 Å². The first-order valence-electron chi connectivity index (χ1n) is 9.14. The Labute approximate surface area is 175 Å². The Kier molecular flexibility index (Phi) is 6.89. The molecule has 2 aromatic carbocycles. The summed E-state index contributed by atoms with van der Waals surface area (Å²) in [5, 5.41) is 4.52. The Morgan fingerprint density at radius 3 is 2.59 bits per heavy atom. The minimum atomic E-state index is -3.58. The third-order valence-corrected chi connectivity index (χ3v) is 6.59. The molecule has 0 saturated carbocycles. The molecule has 0 aliphatic rings. The van der Waals surface area contributed by atoms with Crippen LogP contribution < -0.4 is 4.74 Å². The van der Waals surface area contributed by atoms with Crippen molar-refractivity contribution in [2.75, 3.05) is 13.6 Å². The molecule has 0 atom stereocenters. The average molecular weight is 436 g/mol. The average Bonchev–Trinajstić information content (AvgIpc) is 3.19. The molecule has 0 bridgehead atoms. The maximum Gasteiger partial charge on any atom is 0.264 e. The summed E-state index contributed by atoms with van der Waals surface area (Å²) in [5.74, 6) is 1.37. The highest BCUT2D eigenvalue weighted by atomic mass is 35.5. The zero-order valence-corrected chi connectivity index (χ0v) is 17.8. The van der Waals surface area contributed by atoms with Gasteiger partial charge in [0.25, 0.3) is 5.89 Å². The zero-order valence-electron chi connectivity index (χ0n) is 16.2. The van der Waals surface area contributed by atoms with Crippen molar-refractivity contribution in [2.45, 2.75) is 31.3 Å². The lowest BCUT2D eigenvalue weighted by Crippen LogP contribution is -2.30. The fourth-order valence-electron chi connectivity index (χ4n) is 2.72. The number of benzene rings is 2. The topological polar surface area (TPSA) is 85.5 Å². The van der Waals surface area contributed by atoms with Crippen molar-refractivity contribution in [3.8, 4) is 5.75 Å². The molecule has 0 aliphatic heterocycles. The summed E-state index contributed by atoms with van der Waals surface area (Å²) >= 11 is 5.84. The zero-order chi connectivity index (χ0) is 20.9. The van der Waals surface area contributed by atoms with Crippen molar-refractivity contribution >= 4 is 21.6 Å². The van der Waals surface area contributed by atoms with Crippen LogP contribution in [0.2, 0.25) is 5.02 Å². The Bertz CT molecular complexity index is 1050. The number of aromatic nitrogens is 2. The first kappa shape index (κ1) is 21.3. The molecule has 0 spiro atoms. The highest BCUT2D eigenvalue weighted by Gasteiger charge is 2.23. The Morgan fingerprint density at radius 2 is 1.86 bits per heavy atom. The molecule has 0 amide bonds. The molecule has 1 heterocycles. The number of hydrogen-bond acceptors (Lipinski definition) is 6. The van der Waals surface area contributed by atoms with Gasteiger partial charge in [-0.2, -0.15) is 4.98 Å². The lowest BCUT2D eigenvalue weighted by Gasteiger charge is -2.18. The van der Waals surface area contributed by atoms with E-state index in [0.29, 0.717) is 40.2 Å². The second kappa shape index (κ2) is 9.39. The van der Waals surface area contributed by atoms with Crippen LogP contribution in [0.4, 0.5) is 0 Å². The van der Waals surface area contributed by atoms with Gasteiger partial charge >= 0.3 is 0 Å². The quantitative estimate of drug-likeness (QED) is 0.509. The van der Waals surface area contributed by atoms with Gasteiger partial charge in [0.1, 0.15) is 5.75 Å². The maximum absolute atomic E-state index is 12.9. The molecule has 0 saturated heterocycles. The van der Waals surface area contributed by atoms with Crippen LogP contribution in [0.15, 0.2) is 57.9 Å². The lowest BCUT2D eigenvalue weighted by atomic mass is 10.2. The van der Waals surface area contributed by atoms with E-state index in [1.54, 1.807) is 43.4 Å². The Hall–Kier alpha value is -2.42. The third kappa shape index (κ3) is 5.35. The smallest absolute Gasteiger partial charge is 0.264 e. The van der Waals surface area contributed by atoms with E-state index < -0.39 is 10.0 Å². The molecular formula is C20H22ClN3O4S. The molecule has 154 valence electrons. The summed E-state index contributed by atoms with van der Waals surface area (Å²) in [4.78, 5) is 4.58. The fourth-order valence-corrected chi connectivity index (χ4v) is 4.31. The van der Waals surface area contributed by atoms with E-state index in [9.17, 15) is 8.42 Å². The Morgan fingerprint density at radius 1 is 1.14 bits per heavy atom. The van der Waals surface area contributed by atoms with Crippen molar-refractivity contribution in [3.05, 3.63) is 70.8 Å². The summed E-state index contributed by atoms with van der Waals surface area (Å²) in [5.41, 5.74) is 0.792. The number of nitrogens with zero attached hydrogens (tertiary/aromatic N) is 3. The van der Waals surface area contributed by atoms with Crippen LogP contribution in [-0.2, 0) is 29.5 Å². The molecule has 0 N–H and O–H groups in total. The summed E-state index contributed by atoms with van der Waals surface area (Å²) in [6.07, 6.45) is 0.972. The SMILES string of the molecule is CCc1ccccc1S(=O)(=O)N(C)CCc1noc(COc2ccc(Cl)cc2)n1. The van der Waals surface area contributed by atoms with Crippen molar-refractivity contribution in [1.29, 1.82) is 0 Å². The monoisotopic (exact) mass is 435 g/mol. The standard InChI is InChI=1S/C20H22ClN3O4S/c1-3-15-6-4-5-7-18(15)29(25,26)24(2)13-12-19-22-20(28-23-19)14-27-17-10-8-16(21)9-11-17/h4-11H,3,12-14H2,1-2H3. The molecule has 0 radical (unpaired) electrons. The maximum atomic E-state index is 12.9. The number of ether oxygens (including phenoxy) is 1. The fraction of sp³-hybridized carbons (Fsp3) is 0.300. The van der Waals surface area contributed by atoms with Crippen LogP contribution in [0.5, 0.6) is 5.75 Å². The van der Waals surface area contributed by atoms with E-state index in [4.69, 9.17) is 20.9 Å². The van der Waals surface area contributed by atoms with Crippen LogP contribution in [0.1, 0.15) is 24.2 Å². The van der Waals surface area contributed by atoms with E-state index >= 15 is 0 Å². The van der Waals surface area contributed by atoms with Crippen molar-refractivity contribution in [1.82, 2.24) is 14.4 Å². The normalized spacial score (nSPS) is 11.7. The summed E-state index contributed by atoms with van der Waals surface area (Å²) < 4.78 is 37.7. The van der Waals surface area contributed by atoms with E-state index in [2.05, 4.69) is 10.1 Å². The van der Waals surface area contributed by atoms with Crippen molar-refractivity contribution in [3.63, 3.8) is 0 Å². The van der Waals surface area contributed by atoms with Crippen LogP contribution in [0.3, 0.4) is 0 Å². The second-order valence-electron chi connectivity index (χ2n) is 6.38. The molecule has 9 heteroatoms. The minimum Gasteiger partial charge on any atom is -0.484 e. The number of aryl methyl sites for hydroxylation is 1. The van der Waals surface area contributed by atoms with Crippen LogP contribution in [0.25, 0.3) is 0 Å². The molecule has 0 aliphatic carbocycles. The molecule has 29 heavy (non-hydrogen) atoms. The van der Waals surface area contributed by atoms with E-state index in [-0.39, 0.29) is 13.2 Å². The summed E-state index contributed by atoms with van der Waals surface area (Å²) in [6, 6.07) is 14.0. The molecule has 0 fully saturated rings. The number of sulfonamides is 1. The highest BCUT2D eigenvalue weighted by Crippen LogP contribution is 2.20. The minimum absolute atomic E-state index is 0.118. The van der Waals surface area contributed by atoms with Gasteiger partial charge < -0.3 is 9.26 Å². The Balaban J connectivity index is 1.58. The number of halogens is 1. The van der Waals surface area contributed by atoms with Crippen LogP contribution in [0, 0.1) is 0 Å². The van der Waals surface area contributed by atoms with Crippen LogP contribution >= 0.6 is 11.6 Å². The van der Waals surface area contributed by atoms with E-state index in [0.717, 1.165) is 5.56 Å². The predicted molar refractivity (Wildman–Crippen MR) is 109 cm³/mol. The third-order valence-electron chi connectivity index (χ3n) is 4.38. The van der Waals surface area contributed by atoms with Gasteiger partial charge in [0.05, 0.1) is 4.90 Å². The van der Waals surface area contributed by atoms with E-state index in [1.807, 2.05) is 19.1 Å². The number of hydrogen-bond donors (Lipinski definition) is 0. The summed E-state index contributed by atoms with van der Waals surface area (Å²) in [7, 11) is -2.04. The predicted octanol–water partition coefficient (Wildman–Crippen LogP) is 3.73. The van der Waals surface area contributed by atoms with Gasteiger partial charge in [-0.25, -0.2) is 12.7 Å². The van der Waals surface area contributed by atoms with Crippen molar-refractivity contribution in [2.24, 2.45) is 0 Å². The largest absolute Gasteiger partial charge is 0.484 e. The number of rotatable bonds is 9. The molecule has 3 rings (SSSR count). The first-order valence-corrected chi connectivity index (χ1v) is 11.0. The highest BCUT2D eigenvalue weighted by molar-refractivity contribution is 7.89. The first-order chi connectivity index (χ1) is 13.9. The summed E-state index contributed by atoms with van der Waals surface area (Å²) in [6.45, 7) is 2.28. The number of likely N-dealkylation sites (N-methyl/N-ethyl adjacent to an activating group) is 1. The van der Waals surface area contributed by atoms with E-state index in [1.165, 1.54) is 4.31 Å². The van der Waals surface area contributed by atoms with Gasteiger partial charge in [-0.1, -0.05) is 41.9 Å². The molecule has 1 aromatic heterocycles. The van der Waals surface area contributed by atoms with Gasteiger partial charge in [-0.05, 0) is 42.3 Å². The molecular weight excluding hydrogens is 414 g/mol. The van der Waals surface area contributed by atoms with Gasteiger partial charge in [0.2, 0.25) is 10.0 Å². The van der Waals surface area contributed by atoms with Crippen molar-refractivity contribution < 1.29 is 17.7 Å². The molecule has 3 aromatic rings.